The summed E-state index contributed by atoms with van der Waals surface area (Å²) in [5, 5.41) is 13.5. The standard InChI is InChI=1S/C19H22N6O2/c1-2-3-9-25-17(26)7-6-16(22-25)19(27)24-12-10-23(11-13-24)18-15(14-20)5-4-8-21-18/h4-8H,2-3,9-13H2,1H3. The molecule has 2 aromatic heterocycles. The van der Waals surface area contributed by atoms with E-state index >= 15 is 0 Å². The third kappa shape index (κ3) is 4.14. The van der Waals surface area contributed by atoms with Crippen molar-refractivity contribution in [2.24, 2.45) is 0 Å². The lowest BCUT2D eigenvalue weighted by Gasteiger charge is -2.35. The highest BCUT2D eigenvalue weighted by Crippen LogP contribution is 2.18. The van der Waals surface area contributed by atoms with Crippen LogP contribution in [-0.4, -0.2) is 51.8 Å². The van der Waals surface area contributed by atoms with Gasteiger partial charge in [-0.25, -0.2) is 9.67 Å². The fraction of sp³-hybridized carbons (Fsp3) is 0.421. The van der Waals surface area contributed by atoms with Crippen molar-refractivity contribution in [2.75, 3.05) is 31.1 Å². The first-order chi connectivity index (χ1) is 13.1. The zero-order valence-corrected chi connectivity index (χ0v) is 15.3. The molecule has 1 fully saturated rings. The number of hydrogen-bond acceptors (Lipinski definition) is 6. The van der Waals surface area contributed by atoms with Gasteiger partial charge in [-0.15, -0.1) is 0 Å². The number of pyridine rings is 1. The molecule has 2 aromatic rings. The third-order valence-corrected chi connectivity index (χ3v) is 4.58. The summed E-state index contributed by atoms with van der Waals surface area (Å²) in [5.74, 6) is 0.472. The van der Waals surface area contributed by atoms with Gasteiger partial charge in [0.05, 0.1) is 5.56 Å². The molecule has 0 spiro atoms. The maximum Gasteiger partial charge on any atom is 0.274 e. The molecule has 0 radical (unpaired) electrons. The number of rotatable bonds is 5. The van der Waals surface area contributed by atoms with Crippen LogP contribution in [0.25, 0.3) is 0 Å². The molecule has 3 rings (SSSR count). The smallest absolute Gasteiger partial charge is 0.274 e. The Bertz CT molecular complexity index is 909. The van der Waals surface area contributed by atoms with E-state index in [1.807, 2.05) is 11.8 Å². The van der Waals surface area contributed by atoms with E-state index < -0.39 is 0 Å². The van der Waals surface area contributed by atoms with Gasteiger partial charge < -0.3 is 9.80 Å². The minimum Gasteiger partial charge on any atom is -0.352 e. The Morgan fingerprint density at radius 1 is 1.22 bits per heavy atom. The second kappa shape index (κ2) is 8.45. The zero-order chi connectivity index (χ0) is 19.2. The summed E-state index contributed by atoms with van der Waals surface area (Å²) in [6.45, 7) is 4.76. The molecule has 3 heterocycles. The minimum absolute atomic E-state index is 0.179. The molecule has 8 nitrogen and oxygen atoms in total. The molecule has 27 heavy (non-hydrogen) atoms. The predicted octanol–water partition coefficient (Wildman–Crippen LogP) is 1.27. The molecule has 1 aliphatic rings. The molecule has 0 aromatic carbocycles. The average molecular weight is 366 g/mol. The van der Waals surface area contributed by atoms with Crippen LogP contribution in [0.15, 0.2) is 35.3 Å². The Balaban J connectivity index is 1.68. The number of hydrogen-bond donors (Lipinski definition) is 0. The van der Waals surface area contributed by atoms with Gasteiger partial charge >= 0.3 is 0 Å². The number of piperazine rings is 1. The fourth-order valence-corrected chi connectivity index (χ4v) is 3.05. The summed E-state index contributed by atoms with van der Waals surface area (Å²) in [4.78, 5) is 32.7. The molecule has 1 aliphatic heterocycles. The molecule has 8 heteroatoms. The number of nitrogens with zero attached hydrogens (tertiary/aromatic N) is 6. The van der Waals surface area contributed by atoms with Crippen molar-refractivity contribution in [1.29, 1.82) is 5.26 Å². The second-order valence-electron chi connectivity index (χ2n) is 6.40. The number of anilines is 1. The van der Waals surface area contributed by atoms with Crippen molar-refractivity contribution in [1.82, 2.24) is 19.7 Å². The van der Waals surface area contributed by atoms with Crippen molar-refractivity contribution in [3.63, 3.8) is 0 Å². The van der Waals surface area contributed by atoms with Crippen molar-refractivity contribution >= 4 is 11.7 Å². The van der Waals surface area contributed by atoms with Gasteiger partial charge in [-0.05, 0) is 24.6 Å². The van der Waals surface area contributed by atoms with Crippen LogP contribution in [0.2, 0.25) is 0 Å². The lowest BCUT2D eigenvalue weighted by atomic mass is 10.2. The van der Waals surface area contributed by atoms with E-state index in [0.717, 1.165) is 12.8 Å². The predicted molar refractivity (Wildman–Crippen MR) is 100 cm³/mol. The normalized spacial score (nSPS) is 14.1. The van der Waals surface area contributed by atoms with E-state index in [2.05, 4.69) is 16.2 Å². The van der Waals surface area contributed by atoms with Crippen molar-refractivity contribution in [3.05, 3.63) is 52.1 Å². The zero-order valence-electron chi connectivity index (χ0n) is 15.3. The fourth-order valence-electron chi connectivity index (χ4n) is 3.05. The van der Waals surface area contributed by atoms with Crippen LogP contribution < -0.4 is 10.5 Å². The topological polar surface area (TPSA) is 95.1 Å². The van der Waals surface area contributed by atoms with Crippen molar-refractivity contribution in [3.8, 4) is 6.07 Å². The van der Waals surface area contributed by atoms with Crippen LogP contribution >= 0.6 is 0 Å². The molecule has 1 amide bonds. The van der Waals surface area contributed by atoms with Gasteiger partial charge in [-0.3, -0.25) is 9.59 Å². The third-order valence-electron chi connectivity index (χ3n) is 4.58. The first-order valence-electron chi connectivity index (χ1n) is 9.11. The van der Waals surface area contributed by atoms with Gasteiger partial charge in [0.25, 0.3) is 11.5 Å². The summed E-state index contributed by atoms with van der Waals surface area (Å²) in [6.07, 6.45) is 3.46. The van der Waals surface area contributed by atoms with E-state index in [9.17, 15) is 14.9 Å². The van der Waals surface area contributed by atoms with Crippen molar-refractivity contribution in [2.45, 2.75) is 26.3 Å². The average Bonchev–Trinajstić information content (AvgIpc) is 2.72. The Morgan fingerprint density at radius 3 is 2.70 bits per heavy atom. The molecule has 0 atom stereocenters. The summed E-state index contributed by atoms with van der Waals surface area (Å²) >= 11 is 0. The van der Waals surface area contributed by atoms with Gasteiger partial charge in [0.1, 0.15) is 17.6 Å². The Kier molecular flexibility index (Phi) is 5.81. The molecule has 0 saturated carbocycles. The minimum atomic E-state index is -0.191. The molecule has 140 valence electrons. The van der Waals surface area contributed by atoms with E-state index in [4.69, 9.17) is 0 Å². The SMILES string of the molecule is CCCCn1nc(C(=O)N2CCN(c3ncccc3C#N)CC2)ccc1=O. The summed E-state index contributed by atoms with van der Waals surface area (Å²) in [7, 11) is 0. The number of amides is 1. The number of aryl methyl sites for hydroxylation is 1. The molecule has 0 aliphatic carbocycles. The molecular weight excluding hydrogens is 344 g/mol. The van der Waals surface area contributed by atoms with Gasteiger partial charge in [0.2, 0.25) is 0 Å². The van der Waals surface area contributed by atoms with Crippen molar-refractivity contribution < 1.29 is 4.79 Å². The first-order valence-corrected chi connectivity index (χ1v) is 9.11. The first kappa shape index (κ1) is 18.6. The summed E-state index contributed by atoms with van der Waals surface area (Å²) in [5.41, 5.74) is 0.626. The van der Waals surface area contributed by atoms with Crippen LogP contribution in [0.5, 0.6) is 0 Å². The van der Waals surface area contributed by atoms with E-state index in [1.165, 1.54) is 16.8 Å². The Morgan fingerprint density at radius 2 is 2.00 bits per heavy atom. The molecular formula is C19H22N6O2. The van der Waals surface area contributed by atoms with Gasteiger partial charge in [0.15, 0.2) is 0 Å². The Labute approximate surface area is 157 Å². The number of aromatic nitrogens is 3. The number of carbonyl (C=O) groups is 1. The number of nitriles is 1. The molecule has 0 bridgehead atoms. The summed E-state index contributed by atoms with van der Waals surface area (Å²) < 4.78 is 1.36. The van der Waals surface area contributed by atoms with Gasteiger partial charge in [-0.2, -0.15) is 10.4 Å². The quantitative estimate of drug-likeness (QED) is 0.791. The van der Waals surface area contributed by atoms with Crippen LogP contribution in [0, 0.1) is 11.3 Å². The second-order valence-corrected chi connectivity index (χ2v) is 6.40. The number of unbranched alkanes of at least 4 members (excludes halogenated alkanes) is 1. The van der Waals surface area contributed by atoms with Crippen LogP contribution in [-0.2, 0) is 6.54 Å². The van der Waals surface area contributed by atoms with E-state index in [1.54, 1.807) is 23.2 Å². The molecule has 1 saturated heterocycles. The molecule has 0 N–H and O–H groups in total. The highest BCUT2D eigenvalue weighted by Gasteiger charge is 2.25. The van der Waals surface area contributed by atoms with Gasteiger partial charge in [-0.1, -0.05) is 13.3 Å². The van der Waals surface area contributed by atoms with Crippen LogP contribution in [0.4, 0.5) is 5.82 Å². The largest absolute Gasteiger partial charge is 0.352 e. The lowest BCUT2D eigenvalue weighted by Crippen LogP contribution is -2.49. The van der Waals surface area contributed by atoms with Crippen LogP contribution in [0.1, 0.15) is 35.8 Å². The monoisotopic (exact) mass is 366 g/mol. The Hall–Kier alpha value is -3.21. The molecule has 0 unspecified atom stereocenters. The van der Waals surface area contributed by atoms with Gasteiger partial charge in [0, 0.05) is 45.0 Å². The van der Waals surface area contributed by atoms with E-state index in [0.29, 0.717) is 44.1 Å². The maximum absolute atomic E-state index is 12.8. The summed E-state index contributed by atoms with van der Waals surface area (Å²) in [6, 6.07) is 8.52. The maximum atomic E-state index is 12.8. The lowest BCUT2D eigenvalue weighted by molar-refractivity contribution is 0.0737. The highest BCUT2D eigenvalue weighted by atomic mass is 16.2. The number of carbonyl (C=O) groups excluding carboxylic acids is 1. The van der Waals surface area contributed by atoms with Crippen LogP contribution in [0.3, 0.4) is 0 Å². The highest BCUT2D eigenvalue weighted by molar-refractivity contribution is 5.92. The van der Waals surface area contributed by atoms with E-state index in [-0.39, 0.29) is 17.2 Å².